The zero-order chi connectivity index (χ0) is 18.5. The number of rotatable bonds is 5. The van der Waals surface area contributed by atoms with Gasteiger partial charge < -0.3 is 20.1 Å². The van der Waals surface area contributed by atoms with Gasteiger partial charge in [0.05, 0.1) is 12.9 Å². The Morgan fingerprint density at radius 1 is 1.50 bits per heavy atom. The maximum Gasteiger partial charge on any atom is 0.472 e. The highest BCUT2D eigenvalue weighted by molar-refractivity contribution is 7.47. The van der Waals surface area contributed by atoms with E-state index in [9.17, 15) is 9.46 Å². The fourth-order valence-electron chi connectivity index (χ4n) is 3.64. The van der Waals surface area contributed by atoms with E-state index < -0.39 is 31.9 Å². The van der Waals surface area contributed by atoms with Crippen LogP contribution in [0.4, 0.5) is 5.82 Å². The molecular weight excluding hydrogens is 365 g/mol. The second-order valence-electron chi connectivity index (χ2n) is 6.27. The van der Waals surface area contributed by atoms with Crippen LogP contribution in [0.25, 0.3) is 11.2 Å². The van der Waals surface area contributed by atoms with Gasteiger partial charge in [-0.15, -0.1) is 0 Å². The van der Waals surface area contributed by atoms with Crippen LogP contribution in [0, 0.1) is 0 Å². The average Bonchev–Trinajstić information content (AvgIpc) is 3.11. The molecule has 3 N–H and O–H groups in total. The lowest BCUT2D eigenvalue weighted by molar-refractivity contribution is -0.120. The van der Waals surface area contributed by atoms with Gasteiger partial charge in [0, 0.05) is 13.5 Å². The summed E-state index contributed by atoms with van der Waals surface area (Å²) in [4.78, 5) is 22.2. The van der Waals surface area contributed by atoms with E-state index in [2.05, 4.69) is 19.5 Å². The lowest BCUT2D eigenvalue weighted by Crippen LogP contribution is -2.49. The molecule has 11 nitrogen and oxygen atoms in total. The van der Waals surface area contributed by atoms with E-state index in [-0.39, 0.29) is 5.82 Å². The molecule has 0 aliphatic carbocycles. The van der Waals surface area contributed by atoms with Crippen molar-refractivity contribution in [2.45, 2.75) is 43.8 Å². The molecule has 12 heteroatoms. The molecule has 0 spiro atoms. The quantitative estimate of drug-likeness (QED) is 0.715. The first kappa shape index (κ1) is 17.8. The summed E-state index contributed by atoms with van der Waals surface area (Å²) in [5.74, 6) is 0.257. The van der Waals surface area contributed by atoms with E-state index in [0.717, 1.165) is 7.11 Å². The molecular formula is C14H20N5O6P. The number of ether oxygens (including phenoxy) is 2. The van der Waals surface area contributed by atoms with Crippen LogP contribution in [0.15, 0.2) is 12.7 Å². The van der Waals surface area contributed by atoms with E-state index >= 15 is 0 Å². The molecule has 5 atom stereocenters. The fourth-order valence-corrected chi connectivity index (χ4v) is 4.32. The van der Waals surface area contributed by atoms with Gasteiger partial charge in [0.2, 0.25) is 0 Å². The van der Waals surface area contributed by atoms with Crippen LogP contribution in [0.3, 0.4) is 0 Å². The molecule has 0 amide bonds. The number of aromatic nitrogens is 4. The lowest BCUT2D eigenvalue weighted by atomic mass is 9.87. The smallest absolute Gasteiger partial charge is 0.382 e. The Labute approximate surface area is 149 Å². The van der Waals surface area contributed by atoms with Gasteiger partial charge >= 0.3 is 7.82 Å². The number of phosphoric acid groups is 1. The van der Waals surface area contributed by atoms with Gasteiger partial charge in [0.25, 0.3) is 0 Å². The molecule has 2 aromatic rings. The first-order chi connectivity index (χ1) is 12.4. The second-order valence-corrected chi connectivity index (χ2v) is 7.79. The van der Waals surface area contributed by atoms with Crippen LogP contribution < -0.4 is 5.73 Å². The first-order valence-corrected chi connectivity index (χ1v) is 9.69. The number of nitrogen functional groups attached to an aromatic ring is 1. The van der Waals surface area contributed by atoms with Gasteiger partial charge in [0.1, 0.15) is 29.7 Å². The summed E-state index contributed by atoms with van der Waals surface area (Å²) in [5.41, 5.74) is 6.01. The minimum absolute atomic E-state index is 0.257. The molecule has 26 heavy (non-hydrogen) atoms. The molecule has 4 heterocycles. The van der Waals surface area contributed by atoms with E-state index in [1.807, 2.05) is 6.92 Å². The van der Waals surface area contributed by atoms with E-state index in [1.165, 1.54) is 6.33 Å². The molecule has 0 radical (unpaired) electrons. The van der Waals surface area contributed by atoms with Crippen LogP contribution in [0.2, 0.25) is 0 Å². The summed E-state index contributed by atoms with van der Waals surface area (Å²) in [6.45, 7) is 2.38. The topological polar surface area (TPSA) is 144 Å². The maximum atomic E-state index is 12.0. The van der Waals surface area contributed by atoms with Crippen molar-refractivity contribution in [2.24, 2.45) is 0 Å². The zero-order valence-electron chi connectivity index (χ0n) is 14.3. The molecule has 2 saturated heterocycles. The summed E-state index contributed by atoms with van der Waals surface area (Å²) in [5, 5.41) is 0. The number of nitrogens with zero attached hydrogens (tertiary/aromatic N) is 4. The highest BCUT2D eigenvalue weighted by Gasteiger charge is 2.60. The monoisotopic (exact) mass is 385 g/mol. The van der Waals surface area contributed by atoms with Gasteiger partial charge in [0.15, 0.2) is 17.7 Å². The Hall–Kier alpha value is -1.62. The molecule has 4 rings (SSSR count). The van der Waals surface area contributed by atoms with Crippen LogP contribution >= 0.6 is 7.82 Å². The minimum atomic E-state index is -4.22. The first-order valence-electron chi connectivity index (χ1n) is 8.20. The van der Waals surface area contributed by atoms with Crippen molar-refractivity contribution in [2.75, 3.05) is 19.5 Å². The SMILES string of the molecule is CC[C@@]12CCO[C@@H]([C@H]1OP(=O)(O)OC)[C@@H](n1cnc3c(N)ncnc31)O2. The number of hydrogen-bond acceptors (Lipinski definition) is 9. The third-order valence-corrected chi connectivity index (χ3v) is 5.98. The molecule has 0 aromatic carbocycles. The van der Waals surface area contributed by atoms with Gasteiger partial charge in [-0.3, -0.25) is 13.6 Å². The van der Waals surface area contributed by atoms with Crippen LogP contribution in [-0.4, -0.2) is 55.9 Å². The Balaban J connectivity index is 1.76. The van der Waals surface area contributed by atoms with Crippen molar-refractivity contribution in [3.8, 4) is 0 Å². The van der Waals surface area contributed by atoms with Gasteiger partial charge in [-0.1, -0.05) is 6.92 Å². The molecule has 1 unspecified atom stereocenters. The van der Waals surface area contributed by atoms with Crippen molar-refractivity contribution >= 4 is 24.8 Å². The van der Waals surface area contributed by atoms with Crippen molar-refractivity contribution < 1.29 is 28.0 Å². The van der Waals surface area contributed by atoms with Crippen LogP contribution in [0.1, 0.15) is 26.0 Å². The zero-order valence-corrected chi connectivity index (χ0v) is 15.2. The third-order valence-electron chi connectivity index (χ3n) is 5.03. The summed E-state index contributed by atoms with van der Waals surface area (Å²) in [6.07, 6.45) is 1.93. The Bertz CT molecular complexity index is 877. The van der Waals surface area contributed by atoms with Gasteiger partial charge in [-0.05, 0) is 6.42 Å². The molecule has 0 saturated carbocycles. The number of imidazole rings is 1. The standard InChI is InChI=1S/C14H20N5O6P/c1-3-14-4-5-23-9(10(14)25-26(20,21)22-2)13(24-14)19-7-18-8-11(15)16-6-17-12(8)19/h6-7,9-10,13H,3-5H2,1-2H3,(H,20,21)(H2,15,16,17)/t9-,10+,13-,14+/m0/s1. The molecule has 2 aromatic heterocycles. The largest absolute Gasteiger partial charge is 0.472 e. The highest BCUT2D eigenvalue weighted by atomic mass is 31.2. The predicted octanol–water partition coefficient (Wildman–Crippen LogP) is 1.01. The lowest BCUT2D eigenvalue weighted by Gasteiger charge is -2.37. The number of hydrogen-bond donors (Lipinski definition) is 2. The Kier molecular flexibility index (Phi) is 4.25. The van der Waals surface area contributed by atoms with Crippen molar-refractivity contribution in [1.29, 1.82) is 0 Å². The summed E-state index contributed by atoms with van der Waals surface area (Å²) in [7, 11) is -3.10. The normalized spacial score (nSPS) is 33.4. The van der Waals surface area contributed by atoms with E-state index in [0.29, 0.717) is 30.6 Å². The Morgan fingerprint density at radius 2 is 2.31 bits per heavy atom. The molecule has 2 bridgehead atoms. The van der Waals surface area contributed by atoms with Crippen molar-refractivity contribution in [3.05, 3.63) is 12.7 Å². The Morgan fingerprint density at radius 3 is 3.04 bits per heavy atom. The molecule has 2 fully saturated rings. The molecule has 2 aliphatic rings. The van der Waals surface area contributed by atoms with Crippen LogP contribution in [-0.2, 0) is 23.1 Å². The van der Waals surface area contributed by atoms with Crippen LogP contribution in [0.5, 0.6) is 0 Å². The number of anilines is 1. The minimum Gasteiger partial charge on any atom is -0.382 e. The second kappa shape index (κ2) is 6.22. The summed E-state index contributed by atoms with van der Waals surface area (Å²) in [6, 6.07) is 0. The van der Waals surface area contributed by atoms with Gasteiger partial charge in [-0.25, -0.2) is 19.5 Å². The van der Waals surface area contributed by atoms with Crippen molar-refractivity contribution in [3.63, 3.8) is 0 Å². The number of phosphoric ester groups is 1. The van der Waals surface area contributed by atoms with E-state index in [1.54, 1.807) is 10.9 Å². The molecule has 2 aliphatic heterocycles. The highest BCUT2D eigenvalue weighted by Crippen LogP contribution is 2.54. The maximum absolute atomic E-state index is 12.0. The summed E-state index contributed by atoms with van der Waals surface area (Å²) >= 11 is 0. The van der Waals surface area contributed by atoms with Crippen molar-refractivity contribution in [1.82, 2.24) is 19.5 Å². The third kappa shape index (κ3) is 2.63. The predicted molar refractivity (Wildman–Crippen MR) is 88.9 cm³/mol. The molecule has 142 valence electrons. The fraction of sp³-hybridized carbons (Fsp3) is 0.643. The average molecular weight is 385 g/mol. The number of nitrogens with two attached hydrogens (primary N) is 1. The summed E-state index contributed by atoms with van der Waals surface area (Å²) < 4.78 is 35.9. The number of fused-ring (bicyclic) bond motifs is 3. The van der Waals surface area contributed by atoms with E-state index in [4.69, 9.17) is 19.7 Å². The van der Waals surface area contributed by atoms with Gasteiger partial charge in [-0.2, -0.15) is 0 Å².